The molecule has 0 aliphatic carbocycles. The average molecular weight is 383 g/mol. The summed E-state index contributed by atoms with van der Waals surface area (Å²) >= 11 is 0. The fourth-order valence-electron chi connectivity index (χ4n) is 3.45. The first kappa shape index (κ1) is 21.9. The number of ether oxygens (including phenoxy) is 1. The Bertz CT molecular complexity index is 592. The van der Waals surface area contributed by atoms with Crippen LogP contribution < -0.4 is 0 Å². The maximum absolute atomic E-state index is 11.6. The lowest BCUT2D eigenvalue weighted by molar-refractivity contribution is -0.222. The number of aromatic nitrogens is 3. The molecule has 0 aromatic carbocycles. The zero-order valence-electron chi connectivity index (χ0n) is 16.5. The number of aliphatic hydroxyl groups excluding tert-OH is 3. The largest absolute Gasteiger partial charge is 0.388 e. The number of nitrogens with zero attached hydrogens (tertiary/aromatic N) is 3. The van der Waals surface area contributed by atoms with Gasteiger partial charge in [0.05, 0.1) is 18.4 Å². The quantitative estimate of drug-likeness (QED) is 0.513. The summed E-state index contributed by atoms with van der Waals surface area (Å²) in [6, 6.07) is 0. The minimum absolute atomic E-state index is 0.164. The van der Waals surface area contributed by atoms with Crippen LogP contribution in [0.2, 0.25) is 0 Å². The van der Waals surface area contributed by atoms with Gasteiger partial charge >= 0.3 is 0 Å². The molecule has 0 radical (unpaired) electrons. The third-order valence-corrected chi connectivity index (χ3v) is 5.13. The molecule has 0 amide bonds. The van der Waals surface area contributed by atoms with E-state index < -0.39 is 36.3 Å². The predicted octanol–water partition coefficient (Wildman–Crippen LogP) is 0.866. The van der Waals surface area contributed by atoms with Crippen molar-refractivity contribution in [3.8, 4) is 0 Å². The van der Waals surface area contributed by atoms with Crippen LogP contribution in [0.1, 0.15) is 58.6 Å². The van der Waals surface area contributed by atoms with Gasteiger partial charge in [0.15, 0.2) is 5.78 Å². The number of carbonyl (C=O) groups is 1. The van der Waals surface area contributed by atoms with Crippen LogP contribution in [0, 0.1) is 5.92 Å². The van der Waals surface area contributed by atoms with Gasteiger partial charge in [0.2, 0.25) is 0 Å². The average Bonchev–Trinajstić information content (AvgIpc) is 3.05. The number of hydrogen-bond acceptors (Lipinski definition) is 7. The Morgan fingerprint density at radius 1 is 1.15 bits per heavy atom. The first-order valence-electron chi connectivity index (χ1n) is 9.88. The fraction of sp³-hybridized carbons (Fsp3) is 0.842. The van der Waals surface area contributed by atoms with Crippen LogP contribution in [0.4, 0.5) is 0 Å². The molecule has 5 atom stereocenters. The standard InChI is InChI=1S/C19H33N3O5/c1-12(2)8-6-4-5-7-9-14-10-20-21-22(14)11-15-16(24)17(25)18(26)19(27-15)13(3)23/h10,12,15-19,24-26H,4-9,11H2,1-3H3. The molecule has 1 aromatic rings. The van der Waals surface area contributed by atoms with E-state index >= 15 is 0 Å². The maximum atomic E-state index is 11.6. The van der Waals surface area contributed by atoms with Gasteiger partial charge in [-0.05, 0) is 25.7 Å². The Morgan fingerprint density at radius 2 is 1.85 bits per heavy atom. The van der Waals surface area contributed by atoms with Crippen LogP contribution in [0.3, 0.4) is 0 Å². The number of Topliss-reactive ketones (excluding diaryl/α,β-unsaturated/α-hetero) is 1. The molecule has 3 N–H and O–H groups in total. The van der Waals surface area contributed by atoms with E-state index in [1.165, 1.54) is 26.2 Å². The number of ketones is 1. The van der Waals surface area contributed by atoms with Crippen molar-refractivity contribution < 1.29 is 24.9 Å². The van der Waals surface area contributed by atoms with Crippen molar-refractivity contribution in [2.24, 2.45) is 5.92 Å². The third kappa shape index (κ3) is 6.07. The highest BCUT2D eigenvalue weighted by molar-refractivity contribution is 5.81. The summed E-state index contributed by atoms with van der Waals surface area (Å²) in [7, 11) is 0. The number of carbonyl (C=O) groups excluding carboxylic acids is 1. The minimum atomic E-state index is -1.44. The van der Waals surface area contributed by atoms with Crippen LogP contribution in [0.25, 0.3) is 0 Å². The molecule has 2 rings (SSSR count). The lowest BCUT2D eigenvalue weighted by Crippen LogP contribution is -2.60. The smallest absolute Gasteiger partial charge is 0.161 e. The molecule has 8 heteroatoms. The molecule has 0 saturated carbocycles. The molecule has 1 saturated heterocycles. The van der Waals surface area contributed by atoms with Gasteiger partial charge in [-0.25, -0.2) is 4.68 Å². The molecule has 8 nitrogen and oxygen atoms in total. The van der Waals surface area contributed by atoms with Crippen molar-refractivity contribution in [2.75, 3.05) is 0 Å². The van der Waals surface area contributed by atoms with E-state index in [2.05, 4.69) is 24.2 Å². The number of rotatable bonds is 10. The summed E-state index contributed by atoms with van der Waals surface area (Å²) in [5.41, 5.74) is 0.926. The van der Waals surface area contributed by atoms with Crippen LogP contribution in [-0.2, 0) is 22.5 Å². The summed E-state index contributed by atoms with van der Waals surface area (Å²) in [5.74, 6) is 0.351. The fourth-order valence-corrected chi connectivity index (χ4v) is 3.45. The molecule has 1 aromatic heterocycles. The number of hydrogen-bond donors (Lipinski definition) is 3. The zero-order chi connectivity index (χ0) is 20.0. The molecule has 0 spiro atoms. The Labute approximate surface area is 160 Å². The van der Waals surface area contributed by atoms with Gasteiger partial charge < -0.3 is 20.1 Å². The Kier molecular flexibility index (Phi) is 8.34. The van der Waals surface area contributed by atoms with Crippen LogP contribution in [0.5, 0.6) is 0 Å². The summed E-state index contributed by atoms with van der Waals surface area (Å²) < 4.78 is 7.20. The molecule has 27 heavy (non-hydrogen) atoms. The Hall–Kier alpha value is -1.35. The van der Waals surface area contributed by atoms with E-state index in [0.717, 1.165) is 30.9 Å². The van der Waals surface area contributed by atoms with Crippen LogP contribution in [-0.4, -0.2) is 66.6 Å². The van der Waals surface area contributed by atoms with Crippen molar-refractivity contribution >= 4 is 5.78 Å². The number of aryl methyl sites for hydroxylation is 1. The van der Waals surface area contributed by atoms with Crippen molar-refractivity contribution in [2.45, 2.75) is 96.4 Å². The topological polar surface area (TPSA) is 118 Å². The van der Waals surface area contributed by atoms with Crippen LogP contribution in [0.15, 0.2) is 6.20 Å². The van der Waals surface area contributed by atoms with Crippen molar-refractivity contribution in [3.63, 3.8) is 0 Å². The molecule has 5 unspecified atom stereocenters. The molecule has 1 aliphatic rings. The van der Waals surface area contributed by atoms with Crippen LogP contribution >= 0.6 is 0 Å². The minimum Gasteiger partial charge on any atom is -0.388 e. The zero-order valence-corrected chi connectivity index (χ0v) is 16.5. The molecular formula is C19H33N3O5. The van der Waals surface area contributed by atoms with Gasteiger partial charge in [0, 0.05) is 0 Å². The lowest BCUT2D eigenvalue weighted by atomic mass is 9.93. The Balaban J connectivity index is 1.88. The highest BCUT2D eigenvalue weighted by Crippen LogP contribution is 2.23. The van der Waals surface area contributed by atoms with E-state index in [1.54, 1.807) is 10.9 Å². The molecule has 2 heterocycles. The molecule has 1 aliphatic heterocycles. The SMILES string of the molecule is CC(=O)C1OC(Cn2nncc2CCCCCCC(C)C)C(O)C(O)C1O. The van der Waals surface area contributed by atoms with Crippen molar-refractivity contribution in [3.05, 3.63) is 11.9 Å². The lowest BCUT2D eigenvalue weighted by Gasteiger charge is -2.39. The second kappa shape index (κ2) is 10.3. The number of aliphatic hydroxyl groups is 3. The highest BCUT2D eigenvalue weighted by atomic mass is 16.5. The van der Waals surface area contributed by atoms with Gasteiger partial charge in [-0.1, -0.05) is 44.7 Å². The monoisotopic (exact) mass is 383 g/mol. The summed E-state index contributed by atoms with van der Waals surface area (Å²) in [5, 5.41) is 38.1. The number of unbranched alkanes of at least 4 members (excludes halogenated alkanes) is 3. The second-order valence-corrected chi connectivity index (χ2v) is 7.93. The first-order chi connectivity index (χ1) is 12.8. The van der Waals surface area contributed by atoms with Gasteiger partial charge in [-0.15, -0.1) is 5.10 Å². The van der Waals surface area contributed by atoms with Gasteiger partial charge in [0.25, 0.3) is 0 Å². The molecule has 1 fully saturated rings. The van der Waals surface area contributed by atoms with E-state index in [-0.39, 0.29) is 6.54 Å². The maximum Gasteiger partial charge on any atom is 0.161 e. The van der Waals surface area contributed by atoms with E-state index in [1.807, 2.05) is 0 Å². The molecular weight excluding hydrogens is 350 g/mol. The molecule has 154 valence electrons. The second-order valence-electron chi connectivity index (χ2n) is 7.93. The van der Waals surface area contributed by atoms with E-state index in [0.29, 0.717) is 0 Å². The van der Waals surface area contributed by atoms with Gasteiger partial charge in [-0.3, -0.25) is 4.79 Å². The van der Waals surface area contributed by atoms with Crippen molar-refractivity contribution in [1.29, 1.82) is 0 Å². The highest BCUT2D eigenvalue weighted by Gasteiger charge is 2.45. The third-order valence-electron chi connectivity index (χ3n) is 5.13. The predicted molar refractivity (Wildman–Crippen MR) is 99.0 cm³/mol. The normalized spacial score (nSPS) is 28.6. The first-order valence-corrected chi connectivity index (χ1v) is 9.88. The summed E-state index contributed by atoms with van der Waals surface area (Å²) in [4.78, 5) is 11.6. The molecule has 0 bridgehead atoms. The summed E-state index contributed by atoms with van der Waals surface area (Å²) in [6.07, 6.45) is 2.19. The van der Waals surface area contributed by atoms with Gasteiger partial charge in [0.1, 0.15) is 30.5 Å². The van der Waals surface area contributed by atoms with Gasteiger partial charge in [-0.2, -0.15) is 0 Å². The summed E-state index contributed by atoms with van der Waals surface area (Å²) in [6.45, 7) is 5.92. The van der Waals surface area contributed by atoms with Crippen molar-refractivity contribution in [1.82, 2.24) is 15.0 Å². The Morgan fingerprint density at radius 3 is 2.52 bits per heavy atom. The van der Waals surface area contributed by atoms with E-state index in [9.17, 15) is 20.1 Å². The van der Waals surface area contributed by atoms with E-state index in [4.69, 9.17) is 4.74 Å².